The van der Waals surface area contributed by atoms with E-state index >= 15 is 0 Å². The number of pyridine rings is 1. The van der Waals surface area contributed by atoms with Crippen LogP contribution in [0.4, 0.5) is 5.82 Å². The number of aromatic nitrogens is 1. The highest BCUT2D eigenvalue weighted by Crippen LogP contribution is 2.21. The summed E-state index contributed by atoms with van der Waals surface area (Å²) < 4.78 is 16.5. The molecule has 2 aromatic rings. The van der Waals surface area contributed by atoms with Crippen molar-refractivity contribution in [3.05, 3.63) is 53.2 Å². The molecular formula is C24H36IN5O3. The number of hydrogen-bond donors (Lipinski definition) is 2. The van der Waals surface area contributed by atoms with Crippen LogP contribution in [0.2, 0.25) is 0 Å². The molecule has 1 aromatic heterocycles. The van der Waals surface area contributed by atoms with Gasteiger partial charge >= 0.3 is 0 Å². The highest BCUT2D eigenvalue weighted by atomic mass is 127. The second-order valence-corrected chi connectivity index (χ2v) is 7.59. The van der Waals surface area contributed by atoms with Gasteiger partial charge in [-0.25, -0.2) is 9.98 Å². The second-order valence-electron chi connectivity index (χ2n) is 7.59. The normalized spacial score (nSPS) is 13.9. The zero-order valence-electron chi connectivity index (χ0n) is 19.8. The first kappa shape index (κ1) is 27.1. The van der Waals surface area contributed by atoms with Crippen LogP contribution in [0.25, 0.3) is 0 Å². The van der Waals surface area contributed by atoms with Crippen molar-refractivity contribution in [2.45, 2.75) is 26.9 Å². The van der Waals surface area contributed by atoms with Crippen LogP contribution in [0.1, 0.15) is 23.6 Å². The summed E-state index contributed by atoms with van der Waals surface area (Å²) in [6.45, 7) is 10.3. The maximum Gasteiger partial charge on any atom is 0.191 e. The Morgan fingerprint density at radius 1 is 1.15 bits per heavy atom. The van der Waals surface area contributed by atoms with E-state index in [1.165, 1.54) is 0 Å². The SMILES string of the molecule is CCNC(=NCc1ccc(C)cc1OCCOC)NCc1cccnc1N1CCOCC1.I. The highest BCUT2D eigenvalue weighted by Gasteiger charge is 2.16. The molecule has 2 N–H and O–H groups in total. The maximum atomic E-state index is 5.90. The minimum atomic E-state index is 0. The third-order valence-corrected chi connectivity index (χ3v) is 5.14. The molecule has 1 aliphatic rings. The molecule has 1 saturated heterocycles. The molecule has 2 heterocycles. The van der Waals surface area contributed by atoms with Gasteiger partial charge in [-0.2, -0.15) is 0 Å². The van der Waals surface area contributed by atoms with Gasteiger partial charge in [-0.05, 0) is 31.5 Å². The largest absolute Gasteiger partial charge is 0.491 e. The molecule has 0 amide bonds. The lowest BCUT2D eigenvalue weighted by atomic mass is 10.1. The van der Waals surface area contributed by atoms with Crippen LogP contribution in [-0.4, -0.2) is 64.1 Å². The molecule has 0 unspecified atom stereocenters. The molecule has 1 aromatic carbocycles. The van der Waals surface area contributed by atoms with Gasteiger partial charge in [0.1, 0.15) is 18.2 Å². The van der Waals surface area contributed by atoms with Gasteiger partial charge in [-0.3, -0.25) is 0 Å². The third-order valence-electron chi connectivity index (χ3n) is 5.14. The predicted molar refractivity (Wildman–Crippen MR) is 143 cm³/mol. The van der Waals surface area contributed by atoms with Crippen LogP contribution < -0.4 is 20.3 Å². The summed E-state index contributed by atoms with van der Waals surface area (Å²) in [4.78, 5) is 11.7. The first-order valence-electron chi connectivity index (χ1n) is 11.2. The molecule has 0 bridgehead atoms. The first-order valence-corrected chi connectivity index (χ1v) is 11.2. The van der Waals surface area contributed by atoms with Crippen LogP contribution >= 0.6 is 24.0 Å². The minimum Gasteiger partial charge on any atom is -0.491 e. The van der Waals surface area contributed by atoms with Gasteiger partial charge in [0.25, 0.3) is 0 Å². The number of nitrogens with zero attached hydrogens (tertiary/aromatic N) is 3. The average Bonchev–Trinajstić information content (AvgIpc) is 2.83. The van der Waals surface area contributed by atoms with Crippen molar-refractivity contribution in [1.82, 2.24) is 15.6 Å². The number of aryl methyl sites for hydroxylation is 1. The average molecular weight is 569 g/mol. The fraction of sp³-hybridized carbons (Fsp3) is 0.500. The standard InChI is InChI=1S/C24H35N5O3.HI/c1-4-25-24(27-17-20-8-7-19(2)16-22(20)32-15-14-30-3)28-18-21-6-5-9-26-23(21)29-10-12-31-13-11-29;/h5-9,16H,4,10-15,17-18H2,1-3H3,(H2,25,27,28);1H. The van der Waals surface area contributed by atoms with Crippen LogP contribution in [0, 0.1) is 6.92 Å². The summed E-state index contributed by atoms with van der Waals surface area (Å²) in [7, 11) is 1.67. The summed E-state index contributed by atoms with van der Waals surface area (Å²) in [6, 6.07) is 10.3. The van der Waals surface area contributed by atoms with E-state index in [4.69, 9.17) is 19.2 Å². The van der Waals surface area contributed by atoms with Gasteiger partial charge in [0.15, 0.2) is 5.96 Å². The van der Waals surface area contributed by atoms with E-state index < -0.39 is 0 Å². The predicted octanol–water partition coefficient (Wildman–Crippen LogP) is 3.13. The van der Waals surface area contributed by atoms with Crippen LogP contribution in [0.15, 0.2) is 41.5 Å². The number of benzene rings is 1. The van der Waals surface area contributed by atoms with Crippen molar-refractivity contribution < 1.29 is 14.2 Å². The van der Waals surface area contributed by atoms with Gasteiger partial charge in [0.2, 0.25) is 0 Å². The van der Waals surface area contributed by atoms with E-state index in [-0.39, 0.29) is 24.0 Å². The number of methoxy groups -OCH3 is 1. The Balaban J connectivity index is 0.00000385. The fourth-order valence-corrected chi connectivity index (χ4v) is 3.47. The second kappa shape index (κ2) is 14.9. The summed E-state index contributed by atoms with van der Waals surface area (Å²) in [6.07, 6.45) is 1.84. The summed E-state index contributed by atoms with van der Waals surface area (Å²) in [5.41, 5.74) is 3.33. The molecule has 1 fully saturated rings. The lowest BCUT2D eigenvalue weighted by Gasteiger charge is -2.29. The Morgan fingerprint density at radius 3 is 2.73 bits per heavy atom. The van der Waals surface area contributed by atoms with Crippen LogP contribution in [0.3, 0.4) is 0 Å². The molecular weight excluding hydrogens is 533 g/mol. The maximum absolute atomic E-state index is 5.90. The number of anilines is 1. The zero-order chi connectivity index (χ0) is 22.6. The third kappa shape index (κ3) is 8.63. The van der Waals surface area contributed by atoms with E-state index in [1.54, 1.807) is 7.11 Å². The van der Waals surface area contributed by atoms with E-state index in [9.17, 15) is 0 Å². The molecule has 3 rings (SSSR count). The number of halogens is 1. The highest BCUT2D eigenvalue weighted by molar-refractivity contribution is 14.0. The van der Waals surface area contributed by atoms with E-state index in [0.717, 1.165) is 67.1 Å². The number of hydrogen-bond acceptors (Lipinski definition) is 6. The number of nitrogens with one attached hydrogen (secondary N) is 2. The van der Waals surface area contributed by atoms with Crippen molar-refractivity contribution in [1.29, 1.82) is 0 Å². The Kier molecular flexibility index (Phi) is 12.3. The number of ether oxygens (including phenoxy) is 3. The number of aliphatic imine (C=N–C) groups is 1. The Labute approximate surface area is 214 Å². The zero-order valence-corrected chi connectivity index (χ0v) is 22.1. The first-order chi connectivity index (χ1) is 15.7. The molecule has 182 valence electrons. The van der Waals surface area contributed by atoms with Crippen LogP contribution in [-0.2, 0) is 22.6 Å². The number of morpholine rings is 1. The Bertz CT molecular complexity index is 875. The molecule has 0 atom stereocenters. The monoisotopic (exact) mass is 569 g/mol. The van der Waals surface area contributed by atoms with Crippen molar-refractivity contribution in [3.63, 3.8) is 0 Å². The van der Waals surface area contributed by atoms with E-state index in [1.807, 2.05) is 18.3 Å². The molecule has 8 nitrogen and oxygen atoms in total. The summed E-state index contributed by atoms with van der Waals surface area (Å²) in [5, 5.41) is 6.78. The van der Waals surface area contributed by atoms with Crippen molar-refractivity contribution in [3.8, 4) is 5.75 Å². The fourth-order valence-electron chi connectivity index (χ4n) is 3.47. The minimum absolute atomic E-state index is 0. The smallest absolute Gasteiger partial charge is 0.191 e. The van der Waals surface area contributed by atoms with Gasteiger partial charge in [0, 0.05) is 50.6 Å². The molecule has 0 spiro atoms. The van der Waals surface area contributed by atoms with Gasteiger partial charge in [-0.15, -0.1) is 24.0 Å². The molecule has 0 radical (unpaired) electrons. The summed E-state index contributed by atoms with van der Waals surface area (Å²) in [5.74, 6) is 2.61. The molecule has 33 heavy (non-hydrogen) atoms. The summed E-state index contributed by atoms with van der Waals surface area (Å²) >= 11 is 0. The lowest BCUT2D eigenvalue weighted by Crippen LogP contribution is -2.39. The van der Waals surface area contributed by atoms with Crippen molar-refractivity contribution in [2.24, 2.45) is 4.99 Å². The Hall–Kier alpha value is -2.11. The lowest BCUT2D eigenvalue weighted by molar-refractivity contribution is 0.122. The topological polar surface area (TPSA) is 80.2 Å². The molecule has 0 aliphatic carbocycles. The molecule has 1 aliphatic heterocycles. The number of guanidine groups is 1. The van der Waals surface area contributed by atoms with Crippen molar-refractivity contribution in [2.75, 3.05) is 58.1 Å². The molecule has 0 saturated carbocycles. The van der Waals surface area contributed by atoms with Gasteiger partial charge < -0.3 is 29.7 Å². The van der Waals surface area contributed by atoms with E-state index in [2.05, 4.69) is 52.6 Å². The number of rotatable bonds is 10. The van der Waals surface area contributed by atoms with Crippen LogP contribution in [0.5, 0.6) is 5.75 Å². The van der Waals surface area contributed by atoms with Gasteiger partial charge in [-0.1, -0.05) is 18.2 Å². The van der Waals surface area contributed by atoms with Crippen molar-refractivity contribution >= 4 is 35.8 Å². The van der Waals surface area contributed by atoms with E-state index in [0.29, 0.717) is 26.3 Å². The molecule has 9 heteroatoms. The quantitative estimate of drug-likeness (QED) is 0.197. The Morgan fingerprint density at radius 2 is 1.97 bits per heavy atom. The van der Waals surface area contributed by atoms with Gasteiger partial charge in [0.05, 0.1) is 26.4 Å².